The van der Waals surface area contributed by atoms with Crippen LogP contribution in [0.5, 0.6) is 11.5 Å². The molecule has 1 heterocycles. The molecule has 2 aromatic rings. The van der Waals surface area contributed by atoms with E-state index in [9.17, 15) is 14.4 Å². The number of carbonyl (C=O) groups is 3. The van der Waals surface area contributed by atoms with Gasteiger partial charge in [0.2, 0.25) is 11.8 Å². The first-order valence-electron chi connectivity index (χ1n) is 10.1. The van der Waals surface area contributed by atoms with Gasteiger partial charge in [-0.15, -0.1) is 0 Å². The predicted molar refractivity (Wildman–Crippen MR) is 116 cm³/mol. The lowest BCUT2D eigenvalue weighted by molar-refractivity contribution is -0.122. The minimum Gasteiger partial charge on any atom is -0.497 e. The summed E-state index contributed by atoms with van der Waals surface area (Å²) >= 11 is 0. The summed E-state index contributed by atoms with van der Waals surface area (Å²) in [5.41, 5.74) is 1.56. The Morgan fingerprint density at radius 1 is 1.10 bits per heavy atom. The average molecular weight is 426 g/mol. The van der Waals surface area contributed by atoms with E-state index >= 15 is 0 Å². The van der Waals surface area contributed by atoms with Crippen molar-refractivity contribution in [1.82, 2.24) is 0 Å². The number of anilines is 2. The third-order valence-corrected chi connectivity index (χ3v) is 5.00. The molecule has 0 aromatic heterocycles. The van der Waals surface area contributed by atoms with E-state index in [0.29, 0.717) is 35.0 Å². The van der Waals surface area contributed by atoms with E-state index in [-0.39, 0.29) is 24.8 Å². The Hall–Kier alpha value is -3.55. The van der Waals surface area contributed by atoms with Crippen LogP contribution < -0.4 is 19.7 Å². The quantitative estimate of drug-likeness (QED) is 0.651. The summed E-state index contributed by atoms with van der Waals surface area (Å²) in [6, 6.07) is 11.7. The molecule has 31 heavy (non-hydrogen) atoms. The summed E-state index contributed by atoms with van der Waals surface area (Å²) in [5.74, 6) is -0.205. The number of methoxy groups -OCH3 is 2. The van der Waals surface area contributed by atoms with Gasteiger partial charge in [0.1, 0.15) is 11.5 Å². The Kier molecular flexibility index (Phi) is 7.12. The Bertz CT molecular complexity index is 957. The number of rotatable bonds is 8. The second-order valence-corrected chi connectivity index (χ2v) is 7.15. The predicted octanol–water partition coefficient (Wildman–Crippen LogP) is 3.26. The van der Waals surface area contributed by atoms with Crippen molar-refractivity contribution in [3.05, 3.63) is 48.0 Å². The van der Waals surface area contributed by atoms with Crippen LogP contribution in [-0.2, 0) is 14.3 Å². The molecule has 0 bridgehead atoms. The fourth-order valence-electron chi connectivity index (χ4n) is 3.34. The molecule has 8 nitrogen and oxygen atoms in total. The number of benzene rings is 2. The van der Waals surface area contributed by atoms with Gasteiger partial charge >= 0.3 is 5.97 Å². The first-order valence-corrected chi connectivity index (χ1v) is 10.1. The summed E-state index contributed by atoms with van der Waals surface area (Å²) < 4.78 is 15.7. The van der Waals surface area contributed by atoms with Crippen LogP contribution in [0.4, 0.5) is 11.4 Å². The van der Waals surface area contributed by atoms with E-state index in [1.807, 2.05) is 6.92 Å². The van der Waals surface area contributed by atoms with E-state index in [1.165, 1.54) is 7.11 Å². The van der Waals surface area contributed by atoms with Crippen LogP contribution in [0, 0.1) is 5.92 Å². The first kappa shape index (κ1) is 22.1. The molecule has 0 spiro atoms. The van der Waals surface area contributed by atoms with Gasteiger partial charge in [-0.05, 0) is 42.8 Å². The van der Waals surface area contributed by atoms with Crippen LogP contribution in [0.1, 0.15) is 30.1 Å². The summed E-state index contributed by atoms with van der Waals surface area (Å²) in [4.78, 5) is 38.7. The van der Waals surface area contributed by atoms with Crippen LogP contribution in [0.25, 0.3) is 0 Å². The smallest absolute Gasteiger partial charge is 0.338 e. The van der Waals surface area contributed by atoms with Crippen LogP contribution in [0.15, 0.2) is 42.5 Å². The Labute approximate surface area is 181 Å². The molecule has 1 fully saturated rings. The van der Waals surface area contributed by atoms with Gasteiger partial charge in [0.15, 0.2) is 0 Å². The summed E-state index contributed by atoms with van der Waals surface area (Å²) in [7, 11) is 3.07. The van der Waals surface area contributed by atoms with Crippen molar-refractivity contribution in [2.45, 2.75) is 19.8 Å². The monoisotopic (exact) mass is 426 g/mol. The maximum atomic E-state index is 12.7. The molecule has 1 aliphatic heterocycles. The van der Waals surface area contributed by atoms with Gasteiger partial charge in [-0.25, -0.2) is 4.79 Å². The normalized spacial score (nSPS) is 15.5. The van der Waals surface area contributed by atoms with Crippen LogP contribution in [0.2, 0.25) is 0 Å². The zero-order valence-electron chi connectivity index (χ0n) is 17.8. The Morgan fingerprint density at radius 3 is 2.48 bits per heavy atom. The highest BCUT2D eigenvalue weighted by Crippen LogP contribution is 2.36. The SMILES string of the molecule is CCCOC(=O)c1ccc(NC(=O)[C@@H]2CC(=O)N(c3ccc(OC)cc3OC)C2)cc1. The van der Waals surface area contributed by atoms with Gasteiger partial charge in [-0.2, -0.15) is 0 Å². The van der Waals surface area contributed by atoms with Crippen molar-refractivity contribution < 1.29 is 28.6 Å². The number of hydrogen-bond acceptors (Lipinski definition) is 6. The lowest BCUT2D eigenvalue weighted by atomic mass is 10.1. The number of carbonyl (C=O) groups excluding carboxylic acids is 3. The summed E-state index contributed by atoms with van der Waals surface area (Å²) in [5, 5.41) is 2.81. The van der Waals surface area contributed by atoms with Crippen molar-refractivity contribution in [3.8, 4) is 11.5 Å². The molecule has 0 radical (unpaired) electrons. The van der Waals surface area contributed by atoms with Crippen molar-refractivity contribution >= 4 is 29.2 Å². The fraction of sp³-hybridized carbons (Fsp3) is 0.348. The van der Waals surface area contributed by atoms with Gasteiger partial charge in [0, 0.05) is 24.7 Å². The summed E-state index contributed by atoms with van der Waals surface area (Å²) in [6.07, 6.45) is 0.849. The molecule has 2 aromatic carbocycles. The van der Waals surface area contributed by atoms with Gasteiger partial charge in [0.25, 0.3) is 0 Å². The standard InChI is InChI=1S/C23H26N2O6/c1-4-11-31-23(28)15-5-7-17(8-6-15)24-22(27)16-12-21(26)25(14-16)19-10-9-18(29-2)13-20(19)30-3/h5-10,13,16H,4,11-12,14H2,1-3H3,(H,24,27)/t16-/m1/s1. The van der Waals surface area contributed by atoms with E-state index in [4.69, 9.17) is 14.2 Å². The third kappa shape index (κ3) is 5.14. The minimum atomic E-state index is -0.506. The van der Waals surface area contributed by atoms with Crippen molar-refractivity contribution in [1.29, 1.82) is 0 Å². The molecule has 0 unspecified atom stereocenters. The molecule has 1 atom stereocenters. The molecule has 1 saturated heterocycles. The van der Waals surface area contributed by atoms with Gasteiger partial charge < -0.3 is 24.4 Å². The number of hydrogen-bond donors (Lipinski definition) is 1. The molecular weight excluding hydrogens is 400 g/mol. The third-order valence-electron chi connectivity index (χ3n) is 5.00. The number of esters is 1. The molecule has 0 aliphatic carbocycles. The Balaban J connectivity index is 1.65. The fourth-order valence-corrected chi connectivity index (χ4v) is 3.34. The maximum Gasteiger partial charge on any atom is 0.338 e. The van der Waals surface area contributed by atoms with Crippen LogP contribution in [0.3, 0.4) is 0 Å². The molecule has 0 saturated carbocycles. The number of nitrogens with zero attached hydrogens (tertiary/aromatic N) is 1. The molecule has 1 aliphatic rings. The highest BCUT2D eigenvalue weighted by molar-refractivity contribution is 6.04. The summed E-state index contributed by atoms with van der Waals surface area (Å²) in [6.45, 7) is 2.53. The zero-order valence-corrected chi connectivity index (χ0v) is 17.8. The van der Waals surface area contributed by atoms with Gasteiger partial charge in [-0.1, -0.05) is 6.92 Å². The highest BCUT2D eigenvalue weighted by atomic mass is 16.5. The molecular formula is C23H26N2O6. The van der Waals surface area contributed by atoms with Crippen molar-refractivity contribution in [2.75, 3.05) is 37.6 Å². The maximum absolute atomic E-state index is 12.7. The number of ether oxygens (including phenoxy) is 3. The highest BCUT2D eigenvalue weighted by Gasteiger charge is 2.36. The largest absolute Gasteiger partial charge is 0.497 e. The molecule has 8 heteroatoms. The first-order chi connectivity index (χ1) is 15.0. The van der Waals surface area contributed by atoms with E-state index < -0.39 is 11.9 Å². The topological polar surface area (TPSA) is 94.2 Å². The Morgan fingerprint density at radius 2 is 1.84 bits per heavy atom. The molecule has 164 valence electrons. The number of amides is 2. The van der Waals surface area contributed by atoms with E-state index in [0.717, 1.165) is 6.42 Å². The van der Waals surface area contributed by atoms with Gasteiger partial charge in [-0.3, -0.25) is 9.59 Å². The van der Waals surface area contributed by atoms with Gasteiger partial charge in [0.05, 0.1) is 38.0 Å². The van der Waals surface area contributed by atoms with Crippen LogP contribution in [-0.4, -0.2) is 45.2 Å². The molecule has 2 amide bonds. The zero-order chi connectivity index (χ0) is 22.4. The van der Waals surface area contributed by atoms with Crippen molar-refractivity contribution in [3.63, 3.8) is 0 Å². The van der Waals surface area contributed by atoms with E-state index in [2.05, 4.69) is 5.32 Å². The van der Waals surface area contributed by atoms with Crippen LogP contribution >= 0.6 is 0 Å². The second-order valence-electron chi connectivity index (χ2n) is 7.15. The lowest BCUT2D eigenvalue weighted by Crippen LogP contribution is -2.28. The second kappa shape index (κ2) is 9.97. The van der Waals surface area contributed by atoms with E-state index in [1.54, 1.807) is 54.5 Å². The molecule has 1 N–H and O–H groups in total. The van der Waals surface area contributed by atoms with Crippen molar-refractivity contribution in [2.24, 2.45) is 5.92 Å². The number of nitrogens with one attached hydrogen (secondary N) is 1. The minimum absolute atomic E-state index is 0.0996. The lowest BCUT2D eigenvalue weighted by Gasteiger charge is -2.20. The average Bonchev–Trinajstić information content (AvgIpc) is 3.18. The molecule has 3 rings (SSSR count).